The van der Waals surface area contributed by atoms with Gasteiger partial charge in [-0.25, -0.2) is 0 Å². The van der Waals surface area contributed by atoms with Gasteiger partial charge in [0.1, 0.15) is 0 Å². The van der Waals surface area contributed by atoms with Crippen LogP contribution in [0.3, 0.4) is 0 Å². The Morgan fingerprint density at radius 1 is 0.944 bits per heavy atom. The molecule has 3 heteroatoms. The minimum atomic E-state index is 0.139. The van der Waals surface area contributed by atoms with Gasteiger partial charge in [-0.1, -0.05) is 36.4 Å². The Hall–Kier alpha value is -1.20. The van der Waals surface area contributed by atoms with Gasteiger partial charge in [-0.2, -0.15) is 0 Å². The number of carbonyl (C=O) groups is 1. The molecule has 0 aromatic heterocycles. The van der Waals surface area contributed by atoms with E-state index >= 15 is 0 Å². The molecule has 2 rings (SSSR count). The largest absolute Gasteiger partial charge is 0.326 e. The summed E-state index contributed by atoms with van der Waals surface area (Å²) in [4.78, 5) is 12.1. The van der Waals surface area contributed by atoms with E-state index in [2.05, 4.69) is 22.6 Å². The highest BCUT2D eigenvalue weighted by atomic mass is 127. The minimum Gasteiger partial charge on any atom is -0.326 e. The Kier molecular flexibility index (Phi) is 4.49. The third-order valence-electron chi connectivity index (χ3n) is 2.79. The molecule has 0 amide bonds. The molecular weight excluding hydrogens is 337 g/mol. The molecule has 0 aliphatic heterocycles. The molecule has 0 unspecified atom stereocenters. The maximum Gasteiger partial charge on any atom is 0.167 e. The van der Waals surface area contributed by atoms with E-state index in [0.29, 0.717) is 13.0 Å². The van der Waals surface area contributed by atoms with Crippen LogP contribution in [0, 0.1) is 3.57 Å². The van der Waals surface area contributed by atoms with Gasteiger partial charge in [-0.15, -0.1) is 0 Å². The molecule has 0 aliphatic rings. The van der Waals surface area contributed by atoms with E-state index in [-0.39, 0.29) is 5.78 Å². The first kappa shape index (κ1) is 13.2. The molecule has 0 atom stereocenters. The summed E-state index contributed by atoms with van der Waals surface area (Å²) in [6, 6.07) is 15.5. The molecule has 2 aromatic rings. The first-order valence-electron chi connectivity index (χ1n) is 5.75. The molecule has 0 heterocycles. The summed E-state index contributed by atoms with van der Waals surface area (Å²) in [6.45, 7) is 0.506. The van der Waals surface area contributed by atoms with Crippen molar-refractivity contribution in [1.82, 2.24) is 0 Å². The van der Waals surface area contributed by atoms with Crippen LogP contribution in [0.2, 0.25) is 0 Å². The van der Waals surface area contributed by atoms with Crippen molar-refractivity contribution >= 4 is 28.4 Å². The lowest BCUT2D eigenvalue weighted by molar-refractivity contribution is 0.0993. The van der Waals surface area contributed by atoms with Crippen molar-refractivity contribution in [3.63, 3.8) is 0 Å². The van der Waals surface area contributed by atoms with Gasteiger partial charge in [0.2, 0.25) is 0 Å². The predicted octanol–water partition coefficient (Wildman–Crippen LogP) is 3.18. The standard InChI is InChI=1S/C15H14INO/c16-14-7-3-11(4-8-14)9-15(18)13-5-1-12(10-17)2-6-13/h1-8H,9-10,17H2. The number of hydrogen-bond acceptors (Lipinski definition) is 2. The molecule has 0 aliphatic carbocycles. The first-order valence-corrected chi connectivity index (χ1v) is 6.83. The third-order valence-corrected chi connectivity index (χ3v) is 3.51. The highest BCUT2D eigenvalue weighted by molar-refractivity contribution is 14.1. The van der Waals surface area contributed by atoms with Gasteiger partial charge in [-0.3, -0.25) is 4.79 Å². The second kappa shape index (κ2) is 6.11. The molecule has 0 saturated carbocycles. The van der Waals surface area contributed by atoms with Gasteiger partial charge in [0.15, 0.2) is 5.78 Å². The van der Waals surface area contributed by atoms with E-state index < -0.39 is 0 Å². The molecule has 2 aromatic carbocycles. The van der Waals surface area contributed by atoms with E-state index in [4.69, 9.17) is 5.73 Å². The Labute approximate surface area is 120 Å². The average molecular weight is 351 g/mol. The topological polar surface area (TPSA) is 43.1 Å². The highest BCUT2D eigenvalue weighted by Gasteiger charge is 2.06. The molecule has 0 saturated heterocycles. The van der Waals surface area contributed by atoms with E-state index in [1.165, 1.54) is 3.57 Å². The lowest BCUT2D eigenvalue weighted by Crippen LogP contribution is -2.04. The fourth-order valence-electron chi connectivity index (χ4n) is 1.72. The second-order valence-electron chi connectivity index (χ2n) is 4.13. The Bertz CT molecular complexity index is 531. The van der Waals surface area contributed by atoms with Crippen LogP contribution in [0.1, 0.15) is 21.5 Å². The summed E-state index contributed by atoms with van der Waals surface area (Å²) >= 11 is 2.25. The van der Waals surface area contributed by atoms with Gasteiger partial charge in [0.25, 0.3) is 0 Å². The Morgan fingerprint density at radius 2 is 1.50 bits per heavy atom. The number of nitrogens with two attached hydrogens (primary N) is 1. The second-order valence-corrected chi connectivity index (χ2v) is 5.37. The number of rotatable bonds is 4. The van der Waals surface area contributed by atoms with Crippen LogP contribution >= 0.6 is 22.6 Å². The van der Waals surface area contributed by atoms with Crippen LogP contribution in [0.5, 0.6) is 0 Å². The van der Waals surface area contributed by atoms with Crippen LogP contribution in [0.25, 0.3) is 0 Å². The van der Waals surface area contributed by atoms with Crippen molar-refractivity contribution in [2.24, 2.45) is 5.73 Å². The van der Waals surface area contributed by atoms with Crippen LogP contribution in [-0.2, 0) is 13.0 Å². The molecule has 0 bridgehead atoms. The van der Waals surface area contributed by atoms with Gasteiger partial charge in [0, 0.05) is 22.1 Å². The van der Waals surface area contributed by atoms with Crippen molar-refractivity contribution in [2.45, 2.75) is 13.0 Å². The first-order chi connectivity index (χ1) is 8.69. The van der Waals surface area contributed by atoms with Crippen molar-refractivity contribution < 1.29 is 4.79 Å². The fraction of sp³-hybridized carbons (Fsp3) is 0.133. The summed E-state index contributed by atoms with van der Waals surface area (Å²) < 4.78 is 1.18. The normalized spacial score (nSPS) is 10.3. The lowest BCUT2D eigenvalue weighted by atomic mass is 10.0. The Morgan fingerprint density at radius 3 is 2.06 bits per heavy atom. The predicted molar refractivity (Wildman–Crippen MR) is 81.5 cm³/mol. The number of benzene rings is 2. The number of hydrogen-bond donors (Lipinski definition) is 1. The van der Waals surface area contributed by atoms with E-state index in [9.17, 15) is 4.79 Å². The third kappa shape index (κ3) is 3.40. The van der Waals surface area contributed by atoms with Crippen LogP contribution in [0.4, 0.5) is 0 Å². The summed E-state index contributed by atoms with van der Waals surface area (Å²) in [5.74, 6) is 0.139. The number of carbonyl (C=O) groups excluding carboxylic acids is 1. The molecule has 2 N–H and O–H groups in total. The SMILES string of the molecule is NCc1ccc(C(=O)Cc2ccc(I)cc2)cc1. The van der Waals surface area contributed by atoms with Crippen molar-refractivity contribution in [3.8, 4) is 0 Å². The zero-order valence-corrected chi connectivity index (χ0v) is 12.1. The smallest absolute Gasteiger partial charge is 0.167 e. The van der Waals surface area contributed by atoms with Gasteiger partial charge >= 0.3 is 0 Å². The number of Topliss-reactive ketones (excluding diaryl/α,β-unsaturated/α-hetero) is 1. The zero-order valence-electron chi connectivity index (χ0n) is 9.90. The maximum atomic E-state index is 12.1. The van der Waals surface area contributed by atoms with Crippen LogP contribution in [-0.4, -0.2) is 5.78 Å². The molecule has 0 radical (unpaired) electrons. The van der Waals surface area contributed by atoms with Crippen LogP contribution in [0.15, 0.2) is 48.5 Å². The average Bonchev–Trinajstić information content (AvgIpc) is 2.41. The molecule has 92 valence electrons. The summed E-state index contributed by atoms with van der Waals surface area (Å²) in [7, 11) is 0. The van der Waals surface area contributed by atoms with E-state index in [0.717, 1.165) is 16.7 Å². The van der Waals surface area contributed by atoms with Gasteiger partial charge in [-0.05, 0) is 45.9 Å². The molecule has 0 fully saturated rings. The number of ketones is 1. The van der Waals surface area contributed by atoms with Crippen LogP contribution < -0.4 is 5.73 Å². The molecule has 18 heavy (non-hydrogen) atoms. The van der Waals surface area contributed by atoms with Crippen molar-refractivity contribution in [2.75, 3.05) is 0 Å². The molecule has 0 spiro atoms. The molecule has 2 nitrogen and oxygen atoms in total. The quantitative estimate of drug-likeness (QED) is 0.679. The Balaban J connectivity index is 2.09. The monoisotopic (exact) mass is 351 g/mol. The van der Waals surface area contributed by atoms with Crippen molar-refractivity contribution in [3.05, 3.63) is 68.8 Å². The summed E-state index contributed by atoms with van der Waals surface area (Å²) in [5.41, 5.74) is 8.36. The van der Waals surface area contributed by atoms with Crippen molar-refractivity contribution in [1.29, 1.82) is 0 Å². The maximum absolute atomic E-state index is 12.1. The minimum absolute atomic E-state index is 0.139. The zero-order chi connectivity index (χ0) is 13.0. The lowest BCUT2D eigenvalue weighted by Gasteiger charge is -2.03. The number of halogens is 1. The summed E-state index contributed by atoms with van der Waals surface area (Å²) in [5, 5.41) is 0. The van der Waals surface area contributed by atoms with E-state index in [1.807, 2.05) is 48.5 Å². The summed E-state index contributed by atoms with van der Waals surface area (Å²) in [6.07, 6.45) is 0.443. The van der Waals surface area contributed by atoms with E-state index in [1.54, 1.807) is 0 Å². The highest BCUT2D eigenvalue weighted by Crippen LogP contribution is 2.11. The fourth-order valence-corrected chi connectivity index (χ4v) is 2.08. The van der Waals surface area contributed by atoms with Gasteiger partial charge in [0.05, 0.1) is 0 Å². The van der Waals surface area contributed by atoms with Gasteiger partial charge < -0.3 is 5.73 Å². The molecular formula is C15H14INO.